The highest BCUT2D eigenvalue weighted by molar-refractivity contribution is 5.64. The summed E-state index contributed by atoms with van der Waals surface area (Å²) >= 11 is 0. The predicted octanol–water partition coefficient (Wildman–Crippen LogP) is 4.62. The van der Waals surface area contributed by atoms with Crippen LogP contribution in [0.2, 0.25) is 0 Å². The first-order valence-corrected chi connectivity index (χ1v) is 8.70. The van der Waals surface area contributed by atoms with Crippen LogP contribution in [0.3, 0.4) is 0 Å². The van der Waals surface area contributed by atoms with Gasteiger partial charge in [0.05, 0.1) is 18.5 Å². The summed E-state index contributed by atoms with van der Waals surface area (Å²) in [5, 5.41) is 4.55. The van der Waals surface area contributed by atoms with Crippen molar-refractivity contribution in [1.82, 2.24) is 14.6 Å². The lowest BCUT2D eigenvalue weighted by Crippen LogP contribution is -2.16. The molecule has 25 heavy (non-hydrogen) atoms. The van der Waals surface area contributed by atoms with Crippen LogP contribution in [0, 0.1) is 5.92 Å². The molecule has 0 radical (unpaired) electrons. The summed E-state index contributed by atoms with van der Waals surface area (Å²) in [6.45, 7) is 0.702. The largest absolute Gasteiger partial charge is 0.476 e. The van der Waals surface area contributed by atoms with Crippen molar-refractivity contribution in [2.24, 2.45) is 5.92 Å². The van der Waals surface area contributed by atoms with E-state index in [9.17, 15) is 4.53 Å². The van der Waals surface area contributed by atoms with Crippen molar-refractivity contribution in [3.8, 4) is 22.9 Å². The van der Waals surface area contributed by atoms with E-state index >= 15 is 0 Å². The molecule has 0 aliphatic heterocycles. The summed E-state index contributed by atoms with van der Waals surface area (Å²) < 4.78 is 20.1. The van der Waals surface area contributed by atoms with Crippen molar-refractivity contribution in [2.75, 3.05) is 6.61 Å². The number of hydrogen-bond donors (Lipinski definition) is 0. The number of rotatable bonds is 5. The van der Waals surface area contributed by atoms with Crippen molar-refractivity contribution in [2.45, 2.75) is 32.1 Å². The molecular weight excluding hydrogens is 321 g/mol. The van der Waals surface area contributed by atoms with Gasteiger partial charge in [-0.3, -0.25) is 4.94 Å². The molecule has 1 aromatic carbocycles. The number of fused-ring (bicyclic) bond motifs is 1. The number of ether oxygens (including phenoxy) is 1. The molecule has 0 atom stereocenters. The fourth-order valence-corrected chi connectivity index (χ4v) is 3.39. The van der Waals surface area contributed by atoms with Gasteiger partial charge in [-0.05, 0) is 37.0 Å². The maximum Gasteiger partial charge on any atom is 0.231 e. The average molecular weight is 341 g/mol. The Bertz CT molecular complexity index is 859. The molecule has 130 valence electrons. The minimum atomic E-state index is 0.150. The lowest BCUT2D eigenvalue weighted by molar-refractivity contribution is -0.00614. The van der Waals surface area contributed by atoms with Crippen molar-refractivity contribution >= 4 is 5.65 Å². The molecule has 6 heteroatoms. The van der Waals surface area contributed by atoms with Crippen LogP contribution < -0.4 is 9.68 Å². The van der Waals surface area contributed by atoms with E-state index < -0.39 is 0 Å². The van der Waals surface area contributed by atoms with Gasteiger partial charge in [0.15, 0.2) is 11.4 Å². The maximum absolute atomic E-state index is 12.4. The highest BCUT2D eigenvalue weighted by Crippen LogP contribution is 2.26. The van der Waals surface area contributed by atoms with Gasteiger partial charge in [-0.15, -0.1) is 5.10 Å². The van der Waals surface area contributed by atoms with Crippen LogP contribution in [0.1, 0.15) is 32.1 Å². The summed E-state index contributed by atoms with van der Waals surface area (Å²) in [5.41, 5.74) is 2.25. The zero-order valence-corrected chi connectivity index (χ0v) is 13.9. The number of benzene rings is 1. The fraction of sp³-hybridized carbons (Fsp3) is 0.368. The Balaban J connectivity index is 1.58. The summed E-state index contributed by atoms with van der Waals surface area (Å²) in [5.74, 6) is 1.35. The third-order valence-corrected chi connectivity index (χ3v) is 4.75. The number of halogens is 1. The minimum Gasteiger partial charge on any atom is -0.476 e. The second-order valence-corrected chi connectivity index (χ2v) is 6.51. The maximum atomic E-state index is 12.4. The van der Waals surface area contributed by atoms with Gasteiger partial charge < -0.3 is 4.74 Å². The van der Waals surface area contributed by atoms with Gasteiger partial charge >= 0.3 is 0 Å². The minimum absolute atomic E-state index is 0.150. The van der Waals surface area contributed by atoms with Crippen LogP contribution in [0.25, 0.3) is 16.9 Å². The standard InChI is InChI=1S/C19H20FN3O2/c20-25-16-8-4-7-15(11-16)17-12-21-18-9-10-19(22-23(17)18)24-13-14-5-2-1-3-6-14/h4,7-12,14H,1-3,5-6,13H2. The van der Waals surface area contributed by atoms with E-state index in [1.165, 1.54) is 32.1 Å². The van der Waals surface area contributed by atoms with E-state index in [0.29, 0.717) is 24.1 Å². The Morgan fingerprint density at radius 2 is 2.00 bits per heavy atom. The smallest absolute Gasteiger partial charge is 0.231 e. The van der Waals surface area contributed by atoms with Crippen molar-refractivity contribution in [3.63, 3.8) is 0 Å². The molecule has 1 saturated carbocycles. The second-order valence-electron chi connectivity index (χ2n) is 6.51. The molecule has 4 rings (SSSR count). The molecule has 3 aromatic rings. The molecule has 1 aliphatic rings. The molecule has 0 spiro atoms. The number of nitrogens with zero attached hydrogens (tertiary/aromatic N) is 3. The van der Waals surface area contributed by atoms with Gasteiger partial charge in [-0.1, -0.05) is 31.4 Å². The highest BCUT2D eigenvalue weighted by Gasteiger charge is 2.15. The van der Waals surface area contributed by atoms with Crippen molar-refractivity contribution < 1.29 is 14.2 Å². The van der Waals surface area contributed by atoms with E-state index in [0.717, 1.165) is 11.3 Å². The normalized spacial score (nSPS) is 15.4. The van der Waals surface area contributed by atoms with Crippen LogP contribution in [-0.2, 0) is 0 Å². The number of imidazole rings is 1. The van der Waals surface area contributed by atoms with E-state index in [2.05, 4.69) is 15.0 Å². The second kappa shape index (κ2) is 7.09. The predicted molar refractivity (Wildman–Crippen MR) is 92.2 cm³/mol. The zero-order valence-electron chi connectivity index (χ0n) is 13.9. The molecule has 2 heterocycles. The van der Waals surface area contributed by atoms with Crippen LogP contribution in [0.15, 0.2) is 42.6 Å². The lowest BCUT2D eigenvalue weighted by atomic mass is 9.90. The Morgan fingerprint density at radius 3 is 2.84 bits per heavy atom. The Morgan fingerprint density at radius 1 is 1.12 bits per heavy atom. The zero-order chi connectivity index (χ0) is 17.1. The number of aromatic nitrogens is 3. The molecular formula is C19H20FN3O2. The third kappa shape index (κ3) is 3.43. The first-order valence-electron chi connectivity index (χ1n) is 8.70. The van der Waals surface area contributed by atoms with Gasteiger partial charge in [-0.2, -0.15) is 0 Å². The molecule has 1 aliphatic carbocycles. The van der Waals surface area contributed by atoms with Crippen LogP contribution in [0.5, 0.6) is 11.6 Å². The molecule has 0 amide bonds. The van der Waals surface area contributed by atoms with Crippen molar-refractivity contribution in [1.29, 1.82) is 0 Å². The van der Waals surface area contributed by atoms with Gasteiger partial charge in [0.1, 0.15) is 0 Å². The molecule has 0 saturated heterocycles. The van der Waals surface area contributed by atoms with Gasteiger partial charge in [0.2, 0.25) is 5.88 Å². The molecule has 5 nitrogen and oxygen atoms in total. The molecule has 0 N–H and O–H groups in total. The SMILES string of the molecule is FOc1cccc(-c2cnc3ccc(OCC4CCCCC4)nn23)c1. The quantitative estimate of drug-likeness (QED) is 0.679. The Labute approximate surface area is 145 Å². The number of hydrogen-bond acceptors (Lipinski definition) is 4. The summed E-state index contributed by atoms with van der Waals surface area (Å²) in [6.07, 6.45) is 8.09. The van der Waals surface area contributed by atoms with Crippen LogP contribution in [0.4, 0.5) is 4.53 Å². The van der Waals surface area contributed by atoms with Crippen molar-refractivity contribution in [3.05, 3.63) is 42.6 Å². The molecule has 1 fully saturated rings. The van der Waals surface area contributed by atoms with Crippen LogP contribution in [-0.4, -0.2) is 21.2 Å². The van der Waals surface area contributed by atoms with E-state index in [1.807, 2.05) is 18.2 Å². The first kappa shape index (κ1) is 15.9. The van der Waals surface area contributed by atoms with E-state index in [-0.39, 0.29) is 5.75 Å². The van der Waals surface area contributed by atoms with Crippen LogP contribution >= 0.6 is 0 Å². The van der Waals surface area contributed by atoms with Gasteiger partial charge in [0.25, 0.3) is 0 Å². The highest BCUT2D eigenvalue weighted by atomic mass is 19.3. The average Bonchev–Trinajstić information content (AvgIpc) is 3.10. The fourth-order valence-electron chi connectivity index (χ4n) is 3.39. The summed E-state index contributed by atoms with van der Waals surface area (Å²) in [7, 11) is 0. The third-order valence-electron chi connectivity index (χ3n) is 4.75. The molecule has 0 unspecified atom stereocenters. The Kier molecular flexibility index (Phi) is 4.50. The topological polar surface area (TPSA) is 48.7 Å². The lowest BCUT2D eigenvalue weighted by Gasteiger charge is -2.21. The first-order chi connectivity index (χ1) is 12.3. The monoisotopic (exact) mass is 341 g/mol. The van der Waals surface area contributed by atoms with E-state index in [1.54, 1.807) is 28.9 Å². The Hall–Kier alpha value is -2.63. The van der Waals surface area contributed by atoms with Gasteiger partial charge in [0, 0.05) is 16.2 Å². The summed E-state index contributed by atoms with van der Waals surface area (Å²) in [4.78, 5) is 8.17. The van der Waals surface area contributed by atoms with E-state index in [4.69, 9.17) is 4.74 Å². The molecule has 0 bridgehead atoms. The molecule has 2 aromatic heterocycles. The van der Waals surface area contributed by atoms with Gasteiger partial charge in [-0.25, -0.2) is 9.50 Å². The summed E-state index contributed by atoms with van der Waals surface area (Å²) in [6, 6.07) is 10.5.